The van der Waals surface area contributed by atoms with Crippen LogP contribution in [0.1, 0.15) is 18.9 Å². The van der Waals surface area contributed by atoms with Crippen LogP contribution in [0.4, 0.5) is 0 Å². The molecule has 164 valence electrons. The molecular weight excluding hydrogens is 440 g/mol. The molecule has 1 aromatic heterocycles. The first-order chi connectivity index (χ1) is 14.8. The first-order valence-electron chi connectivity index (χ1n) is 9.76. The van der Waals surface area contributed by atoms with Crippen LogP contribution in [0.3, 0.4) is 0 Å². The topological polar surface area (TPSA) is 104 Å². The normalized spacial score (nSPS) is 14.5. The SMILES string of the molecule is CC(C)C(NS(=O)(=O)c1ccc2c(c1)OCCO2)C(=O)OCc1nc2ccccc2s1. The lowest BCUT2D eigenvalue weighted by Gasteiger charge is -2.22. The van der Waals surface area contributed by atoms with Crippen molar-refractivity contribution >= 4 is 37.5 Å². The van der Waals surface area contributed by atoms with Gasteiger partial charge in [0.1, 0.15) is 30.9 Å². The van der Waals surface area contributed by atoms with Crippen LogP contribution in [0.25, 0.3) is 10.2 Å². The van der Waals surface area contributed by atoms with Crippen LogP contribution in [-0.4, -0.2) is 38.6 Å². The average molecular weight is 463 g/mol. The summed E-state index contributed by atoms with van der Waals surface area (Å²) in [7, 11) is -3.99. The Hall–Kier alpha value is -2.69. The standard InChI is InChI=1S/C21H22N2O6S2/c1-13(2)20(21(24)29-12-19-22-15-5-3-4-6-18(15)30-19)23-31(25,26)14-7-8-16-17(11-14)28-10-9-27-16/h3-8,11,13,20,23H,9-10,12H2,1-2H3. The van der Waals surface area contributed by atoms with Crippen LogP contribution in [-0.2, 0) is 26.2 Å². The molecule has 4 rings (SSSR count). The summed E-state index contributed by atoms with van der Waals surface area (Å²) >= 11 is 1.43. The van der Waals surface area contributed by atoms with E-state index in [9.17, 15) is 13.2 Å². The highest BCUT2D eigenvalue weighted by molar-refractivity contribution is 7.89. The molecule has 0 saturated carbocycles. The molecule has 31 heavy (non-hydrogen) atoms. The minimum absolute atomic E-state index is 0.0126. The second kappa shape index (κ2) is 8.81. The highest BCUT2D eigenvalue weighted by Crippen LogP contribution is 2.32. The summed E-state index contributed by atoms with van der Waals surface area (Å²) in [5.41, 5.74) is 0.832. The predicted octanol–water partition coefficient (Wildman–Crippen LogP) is 3.11. The second-order valence-electron chi connectivity index (χ2n) is 7.33. The molecule has 2 heterocycles. The fourth-order valence-corrected chi connectivity index (χ4v) is 5.32. The lowest BCUT2D eigenvalue weighted by Crippen LogP contribution is -2.45. The van der Waals surface area contributed by atoms with Gasteiger partial charge in [-0.05, 0) is 30.2 Å². The molecule has 1 unspecified atom stereocenters. The third kappa shape index (κ3) is 4.81. The zero-order valence-electron chi connectivity index (χ0n) is 17.0. The summed E-state index contributed by atoms with van der Waals surface area (Å²) in [6, 6.07) is 10.9. The molecule has 3 aromatic rings. The van der Waals surface area contributed by atoms with Crippen molar-refractivity contribution in [1.29, 1.82) is 0 Å². The largest absolute Gasteiger partial charge is 0.486 e. The Kier molecular flexibility index (Phi) is 6.12. The van der Waals surface area contributed by atoms with E-state index in [2.05, 4.69) is 9.71 Å². The van der Waals surface area contributed by atoms with Crippen molar-refractivity contribution in [2.75, 3.05) is 13.2 Å². The summed E-state index contributed by atoms with van der Waals surface area (Å²) in [5, 5.41) is 0.645. The minimum atomic E-state index is -3.99. The number of carbonyl (C=O) groups excluding carboxylic acids is 1. The number of ether oxygens (including phenoxy) is 3. The summed E-state index contributed by atoms with van der Waals surface area (Å²) in [6.45, 7) is 4.23. The van der Waals surface area contributed by atoms with E-state index in [0.717, 1.165) is 10.2 Å². The van der Waals surface area contributed by atoms with E-state index in [4.69, 9.17) is 14.2 Å². The van der Waals surface area contributed by atoms with E-state index in [1.54, 1.807) is 19.9 Å². The number of rotatable bonds is 7. The third-order valence-electron chi connectivity index (χ3n) is 4.70. The molecule has 1 atom stereocenters. The van der Waals surface area contributed by atoms with Crippen molar-refractivity contribution in [3.8, 4) is 11.5 Å². The number of carbonyl (C=O) groups is 1. The van der Waals surface area contributed by atoms with Gasteiger partial charge >= 0.3 is 5.97 Å². The number of nitrogens with zero attached hydrogens (tertiary/aromatic N) is 1. The van der Waals surface area contributed by atoms with E-state index < -0.39 is 22.0 Å². The summed E-state index contributed by atoms with van der Waals surface area (Å²) in [6.07, 6.45) is 0. The van der Waals surface area contributed by atoms with Crippen molar-refractivity contribution in [1.82, 2.24) is 9.71 Å². The Morgan fingerprint density at radius 3 is 2.65 bits per heavy atom. The second-order valence-corrected chi connectivity index (χ2v) is 10.2. The first kappa shape index (κ1) is 21.5. The average Bonchev–Trinajstić information content (AvgIpc) is 3.18. The Morgan fingerprint density at radius 2 is 1.90 bits per heavy atom. The number of hydrogen-bond donors (Lipinski definition) is 1. The number of hydrogen-bond acceptors (Lipinski definition) is 8. The number of thiazole rings is 1. The van der Waals surface area contributed by atoms with Gasteiger partial charge in [0.05, 0.1) is 15.1 Å². The maximum absolute atomic E-state index is 12.9. The molecule has 1 N–H and O–H groups in total. The number of sulfonamides is 1. The highest BCUT2D eigenvalue weighted by Gasteiger charge is 2.30. The van der Waals surface area contributed by atoms with Crippen LogP contribution in [0.2, 0.25) is 0 Å². The van der Waals surface area contributed by atoms with Crippen LogP contribution < -0.4 is 14.2 Å². The van der Waals surface area contributed by atoms with Crippen LogP contribution >= 0.6 is 11.3 Å². The van der Waals surface area contributed by atoms with Crippen LogP contribution in [0.5, 0.6) is 11.5 Å². The summed E-state index contributed by atoms with van der Waals surface area (Å²) < 4.78 is 45.5. The number of benzene rings is 2. The van der Waals surface area contributed by atoms with Gasteiger partial charge in [0.2, 0.25) is 10.0 Å². The molecule has 2 aromatic carbocycles. The predicted molar refractivity (Wildman–Crippen MR) is 116 cm³/mol. The van der Waals surface area contributed by atoms with E-state index >= 15 is 0 Å². The van der Waals surface area contributed by atoms with Gasteiger partial charge in [-0.25, -0.2) is 13.4 Å². The van der Waals surface area contributed by atoms with Crippen molar-refractivity contribution in [3.05, 3.63) is 47.5 Å². The first-order valence-corrected chi connectivity index (χ1v) is 12.1. The number of aromatic nitrogens is 1. The van der Waals surface area contributed by atoms with Gasteiger partial charge in [0.25, 0.3) is 0 Å². The molecule has 0 aliphatic carbocycles. The van der Waals surface area contributed by atoms with Crippen LogP contribution in [0, 0.1) is 5.92 Å². The zero-order valence-corrected chi connectivity index (χ0v) is 18.7. The van der Waals surface area contributed by atoms with Gasteiger partial charge in [-0.2, -0.15) is 4.72 Å². The van der Waals surface area contributed by atoms with Gasteiger partial charge in [-0.15, -0.1) is 11.3 Å². The van der Waals surface area contributed by atoms with Gasteiger partial charge in [-0.3, -0.25) is 4.79 Å². The molecule has 0 amide bonds. The van der Waals surface area contributed by atoms with E-state index in [1.165, 1.54) is 23.5 Å². The van der Waals surface area contributed by atoms with Crippen molar-refractivity contribution in [3.63, 3.8) is 0 Å². The van der Waals surface area contributed by atoms with Gasteiger partial charge in [0, 0.05) is 6.07 Å². The number of esters is 1. The molecule has 0 saturated heterocycles. The van der Waals surface area contributed by atoms with Crippen molar-refractivity contribution in [2.24, 2.45) is 5.92 Å². The molecule has 0 fully saturated rings. The molecule has 1 aliphatic heterocycles. The Balaban J connectivity index is 1.46. The Bertz CT molecular complexity index is 1170. The van der Waals surface area contributed by atoms with Gasteiger partial charge in [-0.1, -0.05) is 26.0 Å². The summed E-state index contributed by atoms with van der Waals surface area (Å²) in [5.74, 6) is -0.139. The quantitative estimate of drug-likeness (QED) is 0.538. The summed E-state index contributed by atoms with van der Waals surface area (Å²) in [4.78, 5) is 17.1. The molecule has 0 bridgehead atoms. The molecule has 1 aliphatic rings. The molecule has 8 nitrogen and oxygen atoms in total. The van der Waals surface area contributed by atoms with Gasteiger partial charge in [0.15, 0.2) is 11.5 Å². The highest BCUT2D eigenvalue weighted by atomic mass is 32.2. The lowest BCUT2D eigenvalue weighted by atomic mass is 10.1. The Morgan fingerprint density at radius 1 is 1.16 bits per heavy atom. The van der Waals surface area contributed by atoms with E-state index in [-0.39, 0.29) is 17.4 Å². The minimum Gasteiger partial charge on any atom is -0.486 e. The third-order valence-corrected chi connectivity index (χ3v) is 7.15. The molecule has 0 spiro atoms. The van der Waals surface area contributed by atoms with Crippen molar-refractivity contribution < 1.29 is 27.4 Å². The zero-order chi connectivity index (χ0) is 22.0. The number of nitrogens with one attached hydrogen (secondary N) is 1. The Labute approximate surface area is 184 Å². The fraction of sp³-hybridized carbons (Fsp3) is 0.333. The maximum atomic E-state index is 12.9. The van der Waals surface area contributed by atoms with Crippen molar-refractivity contribution in [2.45, 2.75) is 31.4 Å². The molecular formula is C21H22N2O6S2. The van der Waals surface area contributed by atoms with E-state index in [1.807, 2.05) is 24.3 Å². The molecule has 0 radical (unpaired) electrons. The molecule has 10 heteroatoms. The fourth-order valence-electron chi connectivity index (χ4n) is 3.09. The monoisotopic (exact) mass is 462 g/mol. The van der Waals surface area contributed by atoms with Crippen LogP contribution in [0.15, 0.2) is 47.4 Å². The smallest absolute Gasteiger partial charge is 0.324 e. The lowest BCUT2D eigenvalue weighted by molar-refractivity contribution is -0.148. The van der Waals surface area contributed by atoms with E-state index in [0.29, 0.717) is 29.7 Å². The number of fused-ring (bicyclic) bond motifs is 2. The number of para-hydroxylation sites is 1. The van der Waals surface area contributed by atoms with Gasteiger partial charge < -0.3 is 14.2 Å². The maximum Gasteiger partial charge on any atom is 0.324 e.